The van der Waals surface area contributed by atoms with E-state index >= 15 is 0 Å². The second-order valence-corrected chi connectivity index (χ2v) is 5.51. The average molecular weight is 312 g/mol. The van der Waals surface area contributed by atoms with Crippen LogP contribution in [0.4, 0.5) is 5.69 Å². The molecule has 1 aliphatic rings. The van der Waals surface area contributed by atoms with Crippen LogP contribution in [0, 0.1) is 0 Å². The highest BCUT2D eigenvalue weighted by atomic mass is 16.5. The second-order valence-electron chi connectivity index (χ2n) is 5.51. The molecule has 0 radical (unpaired) electrons. The van der Waals surface area contributed by atoms with Crippen molar-refractivity contribution in [1.29, 1.82) is 0 Å². The lowest BCUT2D eigenvalue weighted by Gasteiger charge is -2.22. The number of hydrogen-bond donors (Lipinski definition) is 1. The third kappa shape index (κ3) is 3.87. The molecule has 1 unspecified atom stereocenters. The molecule has 3 rings (SSSR count). The lowest BCUT2D eigenvalue weighted by Crippen LogP contribution is -2.15. The van der Waals surface area contributed by atoms with Gasteiger partial charge < -0.3 is 14.8 Å². The number of methoxy groups -OCH3 is 1. The maximum Gasteiger partial charge on any atom is 0.257 e. The molecule has 1 fully saturated rings. The summed E-state index contributed by atoms with van der Waals surface area (Å²) in [7, 11) is 1.59. The number of rotatable bonds is 4. The van der Waals surface area contributed by atoms with Gasteiger partial charge in [-0.05, 0) is 43.5 Å². The van der Waals surface area contributed by atoms with Crippen LogP contribution < -0.4 is 10.1 Å². The van der Waals surface area contributed by atoms with Crippen LogP contribution in [0.15, 0.2) is 42.6 Å². The van der Waals surface area contributed by atoms with Gasteiger partial charge in [-0.1, -0.05) is 6.07 Å². The highest BCUT2D eigenvalue weighted by Gasteiger charge is 2.17. The van der Waals surface area contributed by atoms with Gasteiger partial charge in [0.15, 0.2) is 0 Å². The lowest BCUT2D eigenvalue weighted by molar-refractivity contribution is 0.0123. The molecular formula is C18H20N2O3. The number of hydrogen-bond acceptors (Lipinski definition) is 4. The SMILES string of the molecule is COc1cccc(NC(=O)c2ccc(C3CCCCO3)nc2)c1. The summed E-state index contributed by atoms with van der Waals surface area (Å²) in [5, 5.41) is 2.84. The minimum atomic E-state index is -0.193. The molecule has 1 amide bonds. The van der Waals surface area contributed by atoms with Crippen molar-refractivity contribution >= 4 is 11.6 Å². The van der Waals surface area contributed by atoms with E-state index in [0.29, 0.717) is 17.0 Å². The summed E-state index contributed by atoms with van der Waals surface area (Å²) < 4.78 is 10.9. The Hall–Kier alpha value is -2.40. The summed E-state index contributed by atoms with van der Waals surface area (Å²) in [6.07, 6.45) is 4.91. The first kappa shape index (κ1) is 15.5. The van der Waals surface area contributed by atoms with Crippen LogP contribution in [0.3, 0.4) is 0 Å². The van der Waals surface area contributed by atoms with Crippen molar-refractivity contribution in [3.63, 3.8) is 0 Å². The van der Waals surface area contributed by atoms with Gasteiger partial charge in [-0.25, -0.2) is 0 Å². The fraction of sp³-hybridized carbons (Fsp3) is 0.333. The van der Waals surface area contributed by atoms with E-state index in [-0.39, 0.29) is 12.0 Å². The highest BCUT2D eigenvalue weighted by Crippen LogP contribution is 2.26. The Bertz CT molecular complexity index is 664. The number of ether oxygens (including phenoxy) is 2. The molecule has 0 aliphatic carbocycles. The van der Waals surface area contributed by atoms with Crippen molar-refractivity contribution in [2.75, 3.05) is 19.0 Å². The summed E-state index contributed by atoms with van der Waals surface area (Å²) in [6.45, 7) is 0.782. The molecule has 2 aromatic rings. The molecule has 120 valence electrons. The van der Waals surface area contributed by atoms with Crippen molar-refractivity contribution in [3.05, 3.63) is 53.9 Å². The van der Waals surface area contributed by atoms with Gasteiger partial charge in [-0.3, -0.25) is 9.78 Å². The number of benzene rings is 1. The van der Waals surface area contributed by atoms with Crippen LogP contribution in [0.5, 0.6) is 5.75 Å². The van der Waals surface area contributed by atoms with E-state index < -0.39 is 0 Å². The first-order chi connectivity index (χ1) is 11.3. The second kappa shape index (κ2) is 7.24. The summed E-state index contributed by atoms with van der Waals surface area (Å²) in [5.74, 6) is 0.507. The molecule has 1 saturated heterocycles. The Morgan fingerprint density at radius 1 is 1.30 bits per heavy atom. The predicted molar refractivity (Wildman–Crippen MR) is 87.7 cm³/mol. The average Bonchev–Trinajstić information content (AvgIpc) is 2.63. The zero-order valence-electron chi connectivity index (χ0n) is 13.1. The molecule has 1 aliphatic heterocycles. The Labute approximate surface area is 135 Å². The minimum Gasteiger partial charge on any atom is -0.497 e. The van der Waals surface area contributed by atoms with Crippen molar-refractivity contribution in [2.45, 2.75) is 25.4 Å². The third-order valence-electron chi connectivity index (χ3n) is 3.89. The maximum absolute atomic E-state index is 12.3. The third-order valence-corrected chi connectivity index (χ3v) is 3.89. The standard InChI is InChI=1S/C18H20N2O3/c1-22-15-6-4-5-14(11-15)20-18(21)13-8-9-16(19-12-13)17-7-2-3-10-23-17/h4-6,8-9,11-12,17H,2-3,7,10H2,1H3,(H,20,21). The molecule has 2 heterocycles. The predicted octanol–water partition coefficient (Wildman–Crippen LogP) is 3.58. The molecule has 1 N–H and O–H groups in total. The molecule has 5 nitrogen and oxygen atoms in total. The highest BCUT2D eigenvalue weighted by molar-refractivity contribution is 6.04. The summed E-state index contributed by atoms with van der Waals surface area (Å²) in [6, 6.07) is 10.9. The van der Waals surface area contributed by atoms with Crippen LogP contribution in [0.1, 0.15) is 41.4 Å². The fourth-order valence-electron chi connectivity index (χ4n) is 2.61. The molecule has 1 aromatic heterocycles. The molecular weight excluding hydrogens is 292 g/mol. The van der Waals surface area contributed by atoms with Gasteiger partial charge in [-0.15, -0.1) is 0 Å². The largest absolute Gasteiger partial charge is 0.497 e. The number of nitrogens with zero attached hydrogens (tertiary/aromatic N) is 1. The quantitative estimate of drug-likeness (QED) is 0.937. The van der Waals surface area contributed by atoms with Crippen LogP contribution >= 0.6 is 0 Å². The van der Waals surface area contributed by atoms with Crippen LogP contribution in [0.2, 0.25) is 0 Å². The minimum absolute atomic E-state index is 0.0549. The summed E-state index contributed by atoms with van der Waals surface area (Å²) >= 11 is 0. The van der Waals surface area contributed by atoms with Crippen LogP contribution in [-0.4, -0.2) is 24.6 Å². The normalized spacial score (nSPS) is 17.5. The number of amides is 1. The van der Waals surface area contributed by atoms with Gasteiger partial charge in [0.25, 0.3) is 5.91 Å². The number of carbonyl (C=O) groups is 1. The number of anilines is 1. The van der Waals surface area contributed by atoms with Crippen molar-refractivity contribution in [2.24, 2.45) is 0 Å². The molecule has 0 saturated carbocycles. The Morgan fingerprint density at radius 2 is 2.22 bits per heavy atom. The van der Waals surface area contributed by atoms with Gasteiger partial charge in [0.2, 0.25) is 0 Å². The zero-order valence-corrected chi connectivity index (χ0v) is 13.1. The number of aromatic nitrogens is 1. The van der Waals surface area contributed by atoms with Crippen LogP contribution in [-0.2, 0) is 4.74 Å². The van der Waals surface area contributed by atoms with Crippen LogP contribution in [0.25, 0.3) is 0 Å². The first-order valence-corrected chi connectivity index (χ1v) is 7.79. The summed E-state index contributed by atoms with van der Waals surface area (Å²) in [4.78, 5) is 16.7. The first-order valence-electron chi connectivity index (χ1n) is 7.79. The molecule has 23 heavy (non-hydrogen) atoms. The summed E-state index contributed by atoms with van der Waals surface area (Å²) in [5.41, 5.74) is 2.10. The van der Waals surface area contributed by atoms with E-state index in [2.05, 4.69) is 10.3 Å². The fourth-order valence-corrected chi connectivity index (χ4v) is 2.61. The van der Waals surface area contributed by atoms with Gasteiger partial charge in [0.1, 0.15) is 5.75 Å². The van der Waals surface area contributed by atoms with E-state index in [9.17, 15) is 4.79 Å². The lowest BCUT2D eigenvalue weighted by atomic mass is 10.1. The Morgan fingerprint density at radius 3 is 2.91 bits per heavy atom. The zero-order chi connectivity index (χ0) is 16.1. The van der Waals surface area contributed by atoms with E-state index in [0.717, 1.165) is 31.6 Å². The van der Waals surface area contributed by atoms with E-state index in [1.807, 2.05) is 24.3 Å². The van der Waals surface area contributed by atoms with Crippen molar-refractivity contribution in [1.82, 2.24) is 4.98 Å². The smallest absolute Gasteiger partial charge is 0.257 e. The molecule has 5 heteroatoms. The number of nitrogens with one attached hydrogen (secondary N) is 1. The maximum atomic E-state index is 12.3. The Balaban J connectivity index is 1.67. The molecule has 0 bridgehead atoms. The van der Waals surface area contributed by atoms with Crippen molar-refractivity contribution in [3.8, 4) is 5.75 Å². The number of carbonyl (C=O) groups excluding carboxylic acids is 1. The van der Waals surface area contributed by atoms with E-state index in [1.165, 1.54) is 0 Å². The monoisotopic (exact) mass is 312 g/mol. The molecule has 1 aromatic carbocycles. The van der Waals surface area contributed by atoms with E-state index in [4.69, 9.17) is 9.47 Å². The van der Waals surface area contributed by atoms with E-state index in [1.54, 1.807) is 25.4 Å². The van der Waals surface area contributed by atoms with Gasteiger partial charge in [-0.2, -0.15) is 0 Å². The van der Waals surface area contributed by atoms with Gasteiger partial charge in [0, 0.05) is 24.6 Å². The van der Waals surface area contributed by atoms with Crippen molar-refractivity contribution < 1.29 is 14.3 Å². The molecule has 0 spiro atoms. The van der Waals surface area contributed by atoms with Gasteiger partial charge >= 0.3 is 0 Å². The van der Waals surface area contributed by atoms with Gasteiger partial charge in [0.05, 0.1) is 24.5 Å². The number of pyridine rings is 1. The topological polar surface area (TPSA) is 60.5 Å². The Kier molecular flexibility index (Phi) is 4.88. The molecule has 1 atom stereocenters.